The van der Waals surface area contributed by atoms with Crippen LogP contribution in [-0.2, 0) is 0 Å². The van der Waals surface area contributed by atoms with E-state index in [0.717, 1.165) is 0 Å². The van der Waals surface area contributed by atoms with Gasteiger partial charge in [-0.2, -0.15) is 0 Å². The summed E-state index contributed by atoms with van der Waals surface area (Å²) >= 11 is 3.01. The fraction of sp³-hybridized carbons (Fsp3) is 0.300. The lowest BCUT2D eigenvalue weighted by Gasteiger charge is -2.08. The maximum atomic E-state index is 13.1. The summed E-state index contributed by atoms with van der Waals surface area (Å²) in [6, 6.07) is 2.58. The third kappa shape index (κ3) is 2.76. The van der Waals surface area contributed by atoms with E-state index in [1.54, 1.807) is 0 Å². The van der Waals surface area contributed by atoms with Crippen molar-refractivity contribution in [1.29, 1.82) is 0 Å². The summed E-state index contributed by atoms with van der Waals surface area (Å²) in [5.41, 5.74) is 5.62. The third-order valence-corrected chi connectivity index (χ3v) is 2.52. The summed E-state index contributed by atoms with van der Waals surface area (Å²) in [5.74, 6) is -0.389. The lowest BCUT2D eigenvalue weighted by atomic mass is 10.1. The van der Waals surface area contributed by atoms with Crippen LogP contribution in [0.25, 0.3) is 0 Å². The molecule has 0 aliphatic rings. The van der Waals surface area contributed by atoms with E-state index >= 15 is 0 Å². The molecule has 0 spiro atoms. The highest BCUT2D eigenvalue weighted by Crippen LogP contribution is 2.27. The van der Waals surface area contributed by atoms with Crippen LogP contribution in [0, 0.1) is 5.82 Å². The monoisotopic (exact) mass is 275 g/mol. The van der Waals surface area contributed by atoms with Crippen LogP contribution in [0.15, 0.2) is 16.6 Å². The summed E-state index contributed by atoms with van der Waals surface area (Å²) in [6.45, 7) is 0.261. The van der Waals surface area contributed by atoms with Gasteiger partial charge in [-0.15, -0.1) is 0 Å². The topological polar surface area (TPSA) is 52.3 Å². The summed E-state index contributed by atoms with van der Waals surface area (Å²) < 4.78 is 18.3. The van der Waals surface area contributed by atoms with Gasteiger partial charge in [0.1, 0.15) is 11.6 Å². The summed E-state index contributed by atoms with van der Waals surface area (Å²) in [4.78, 5) is 11.6. The molecule has 0 fully saturated rings. The molecule has 0 unspecified atom stereocenters. The normalized spacial score (nSPS) is 10.1. The zero-order valence-corrected chi connectivity index (χ0v) is 9.80. The highest BCUT2D eigenvalue weighted by Gasteiger charge is 2.14. The molecule has 0 bridgehead atoms. The quantitative estimate of drug-likeness (QED) is 0.857. The van der Waals surface area contributed by atoms with E-state index in [2.05, 4.69) is 15.9 Å². The lowest BCUT2D eigenvalue weighted by Crippen LogP contribution is -2.09. The van der Waals surface area contributed by atoms with Gasteiger partial charge in [0, 0.05) is 12.5 Å². The first-order valence-corrected chi connectivity index (χ1v) is 5.15. The number of ether oxygens (including phenoxy) is 1. The number of carbonyl (C=O) groups excluding carboxylic acids is 1. The minimum Gasteiger partial charge on any atom is -0.496 e. The van der Waals surface area contributed by atoms with Gasteiger partial charge in [-0.25, -0.2) is 4.39 Å². The van der Waals surface area contributed by atoms with Gasteiger partial charge in [-0.3, -0.25) is 4.79 Å². The first kappa shape index (κ1) is 12.1. The van der Waals surface area contributed by atoms with E-state index in [0.29, 0.717) is 5.56 Å². The molecule has 0 saturated heterocycles. The number of nitrogens with two attached hydrogens (primary N) is 1. The number of rotatable bonds is 4. The number of benzene rings is 1. The van der Waals surface area contributed by atoms with Gasteiger partial charge in [0.05, 0.1) is 17.1 Å². The molecule has 1 aromatic rings. The molecule has 15 heavy (non-hydrogen) atoms. The molecule has 0 aliphatic carbocycles. The number of halogens is 2. The molecule has 2 N–H and O–H groups in total. The van der Waals surface area contributed by atoms with Crippen molar-refractivity contribution in [1.82, 2.24) is 0 Å². The first-order chi connectivity index (χ1) is 7.10. The second-order valence-electron chi connectivity index (χ2n) is 2.93. The Morgan fingerprint density at radius 1 is 1.60 bits per heavy atom. The predicted molar refractivity (Wildman–Crippen MR) is 58.7 cm³/mol. The Kier molecular flexibility index (Phi) is 4.23. The molecule has 5 heteroatoms. The summed E-state index contributed by atoms with van der Waals surface area (Å²) in [6.07, 6.45) is 0.217. The molecule has 82 valence electrons. The van der Waals surface area contributed by atoms with Crippen molar-refractivity contribution in [3.05, 3.63) is 28.0 Å². The van der Waals surface area contributed by atoms with Crippen molar-refractivity contribution >= 4 is 21.7 Å². The van der Waals surface area contributed by atoms with Crippen LogP contribution in [0.4, 0.5) is 4.39 Å². The molecule has 0 atom stereocenters. The van der Waals surface area contributed by atoms with Crippen LogP contribution >= 0.6 is 15.9 Å². The third-order valence-electron chi connectivity index (χ3n) is 1.91. The minimum absolute atomic E-state index is 0.157. The highest BCUT2D eigenvalue weighted by molar-refractivity contribution is 9.10. The largest absolute Gasteiger partial charge is 0.496 e. The maximum absolute atomic E-state index is 13.1. The van der Waals surface area contributed by atoms with Crippen LogP contribution < -0.4 is 10.5 Å². The first-order valence-electron chi connectivity index (χ1n) is 4.36. The lowest BCUT2D eigenvalue weighted by molar-refractivity contribution is 0.0982. The number of hydrogen-bond donors (Lipinski definition) is 1. The van der Waals surface area contributed by atoms with E-state index in [1.807, 2.05) is 0 Å². The Balaban J connectivity index is 3.15. The molecule has 0 radical (unpaired) electrons. The fourth-order valence-corrected chi connectivity index (χ4v) is 1.52. The molecule has 0 saturated carbocycles. The van der Waals surface area contributed by atoms with Crippen molar-refractivity contribution in [2.75, 3.05) is 13.7 Å². The molecule has 1 aromatic carbocycles. The predicted octanol–water partition coefficient (Wildman–Crippen LogP) is 2.13. The average Bonchev–Trinajstić information content (AvgIpc) is 2.21. The van der Waals surface area contributed by atoms with Crippen LogP contribution in [0.2, 0.25) is 0 Å². The standard InChI is InChI=1S/C10H11BrFNO2/c1-15-10-5-8(12)7(11)4-6(10)9(14)2-3-13/h4-5H,2-3,13H2,1H3. The highest BCUT2D eigenvalue weighted by atomic mass is 79.9. The van der Waals surface area contributed by atoms with Gasteiger partial charge in [-0.1, -0.05) is 0 Å². The maximum Gasteiger partial charge on any atom is 0.167 e. The zero-order valence-electron chi connectivity index (χ0n) is 8.22. The average molecular weight is 276 g/mol. The number of carbonyl (C=O) groups is 1. The number of ketones is 1. The molecular formula is C10H11BrFNO2. The van der Waals surface area contributed by atoms with Crippen molar-refractivity contribution in [3.8, 4) is 5.75 Å². The molecule has 0 heterocycles. The zero-order chi connectivity index (χ0) is 11.4. The number of Topliss-reactive ketones (excluding diaryl/α,β-unsaturated/α-hetero) is 1. The fourth-order valence-electron chi connectivity index (χ4n) is 1.18. The van der Waals surface area contributed by atoms with Gasteiger partial charge < -0.3 is 10.5 Å². The SMILES string of the molecule is COc1cc(F)c(Br)cc1C(=O)CCN. The van der Waals surface area contributed by atoms with Gasteiger partial charge in [-0.05, 0) is 28.5 Å². The van der Waals surface area contributed by atoms with Crippen LogP contribution in [0.5, 0.6) is 5.75 Å². The van der Waals surface area contributed by atoms with Crippen LogP contribution in [0.1, 0.15) is 16.8 Å². The van der Waals surface area contributed by atoms with Crippen molar-refractivity contribution in [3.63, 3.8) is 0 Å². The second kappa shape index (κ2) is 5.23. The Labute approximate surface area is 95.5 Å². The van der Waals surface area contributed by atoms with Gasteiger partial charge in [0.2, 0.25) is 0 Å². The Morgan fingerprint density at radius 3 is 2.80 bits per heavy atom. The van der Waals surface area contributed by atoms with E-state index in [4.69, 9.17) is 10.5 Å². The number of hydrogen-bond acceptors (Lipinski definition) is 3. The second-order valence-corrected chi connectivity index (χ2v) is 3.78. The smallest absolute Gasteiger partial charge is 0.167 e. The van der Waals surface area contributed by atoms with Crippen molar-refractivity contribution < 1.29 is 13.9 Å². The van der Waals surface area contributed by atoms with Gasteiger partial charge in [0.25, 0.3) is 0 Å². The van der Waals surface area contributed by atoms with Gasteiger partial charge in [0.15, 0.2) is 5.78 Å². The van der Waals surface area contributed by atoms with E-state index < -0.39 is 5.82 Å². The Morgan fingerprint density at radius 2 is 2.27 bits per heavy atom. The van der Waals surface area contributed by atoms with E-state index in [9.17, 15) is 9.18 Å². The Hall–Kier alpha value is -0.940. The summed E-state index contributed by atoms with van der Waals surface area (Å²) in [5, 5.41) is 0. The van der Waals surface area contributed by atoms with Crippen molar-refractivity contribution in [2.45, 2.75) is 6.42 Å². The summed E-state index contributed by atoms with van der Waals surface area (Å²) in [7, 11) is 1.39. The van der Waals surface area contributed by atoms with Crippen LogP contribution in [-0.4, -0.2) is 19.4 Å². The minimum atomic E-state index is -0.462. The molecule has 0 aromatic heterocycles. The van der Waals surface area contributed by atoms with Gasteiger partial charge >= 0.3 is 0 Å². The molecule has 1 rings (SSSR count). The molecular weight excluding hydrogens is 265 g/mol. The van der Waals surface area contributed by atoms with E-state index in [1.165, 1.54) is 19.2 Å². The van der Waals surface area contributed by atoms with E-state index in [-0.39, 0.29) is 29.0 Å². The molecule has 3 nitrogen and oxygen atoms in total. The Bertz CT molecular complexity index is 382. The molecule has 0 aliphatic heterocycles. The van der Waals surface area contributed by atoms with Crippen LogP contribution in [0.3, 0.4) is 0 Å². The molecule has 0 amide bonds. The van der Waals surface area contributed by atoms with Crippen molar-refractivity contribution in [2.24, 2.45) is 5.73 Å². The number of methoxy groups -OCH3 is 1.